The SMILES string of the molecule is CCC(CCO)NCc1c(C)nc2sc(C)cn12. The van der Waals surface area contributed by atoms with E-state index in [-0.39, 0.29) is 6.61 Å². The molecular weight excluding hydrogens is 246 g/mol. The van der Waals surface area contributed by atoms with Crippen LogP contribution in [0.1, 0.15) is 36.0 Å². The third-order valence-corrected chi connectivity index (χ3v) is 4.17. The summed E-state index contributed by atoms with van der Waals surface area (Å²) < 4.78 is 2.17. The minimum atomic E-state index is 0.240. The third kappa shape index (κ3) is 2.74. The lowest BCUT2D eigenvalue weighted by Gasteiger charge is -2.15. The summed E-state index contributed by atoms with van der Waals surface area (Å²) in [5.74, 6) is 0. The number of nitrogens with one attached hydrogen (secondary N) is 1. The predicted octanol–water partition coefficient (Wildman–Crippen LogP) is 2.26. The van der Waals surface area contributed by atoms with Crippen molar-refractivity contribution >= 4 is 16.3 Å². The number of fused-ring (bicyclic) bond motifs is 1. The molecular formula is C13H21N3OS. The standard InChI is InChI=1S/C13H21N3OS/c1-4-11(5-6-17)14-7-12-10(3)15-13-16(12)8-9(2)18-13/h8,11,14,17H,4-7H2,1-3H3. The molecule has 5 heteroatoms. The van der Waals surface area contributed by atoms with Gasteiger partial charge in [0.05, 0.1) is 11.4 Å². The molecule has 0 fully saturated rings. The second-order valence-corrected chi connectivity index (χ2v) is 5.85. The maximum atomic E-state index is 9.00. The van der Waals surface area contributed by atoms with E-state index in [1.165, 1.54) is 10.6 Å². The number of nitrogens with zero attached hydrogens (tertiary/aromatic N) is 2. The number of aliphatic hydroxyl groups is 1. The van der Waals surface area contributed by atoms with Crippen molar-refractivity contribution in [1.29, 1.82) is 0 Å². The molecule has 0 aliphatic carbocycles. The van der Waals surface area contributed by atoms with E-state index in [4.69, 9.17) is 5.11 Å². The van der Waals surface area contributed by atoms with Crippen LogP contribution in [0.3, 0.4) is 0 Å². The van der Waals surface area contributed by atoms with Gasteiger partial charge in [-0.15, -0.1) is 11.3 Å². The molecule has 0 aliphatic heterocycles. The fourth-order valence-corrected chi connectivity index (χ4v) is 3.06. The number of imidazole rings is 1. The summed E-state index contributed by atoms with van der Waals surface area (Å²) in [7, 11) is 0. The van der Waals surface area contributed by atoms with Crippen LogP contribution in [0.2, 0.25) is 0 Å². The van der Waals surface area contributed by atoms with Gasteiger partial charge in [-0.3, -0.25) is 4.40 Å². The average molecular weight is 267 g/mol. The zero-order valence-electron chi connectivity index (χ0n) is 11.2. The number of rotatable bonds is 6. The highest BCUT2D eigenvalue weighted by atomic mass is 32.1. The Bertz CT molecular complexity index is 518. The van der Waals surface area contributed by atoms with E-state index in [1.54, 1.807) is 11.3 Å². The van der Waals surface area contributed by atoms with Gasteiger partial charge in [-0.1, -0.05) is 6.92 Å². The average Bonchev–Trinajstić information content (AvgIpc) is 2.80. The van der Waals surface area contributed by atoms with Crippen LogP contribution in [0, 0.1) is 13.8 Å². The van der Waals surface area contributed by atoms with Gasteiger partial charge in [-0.05, 0) is 26.7 Å². The molecule has 2 rings (SSSR count). The van der Waals surface area contributed by atoms with Crippen LogP contribution in [0.25, 0.3) is 4.96 Å². The lowest BCUT2D eigenvalue weighted by atomic mass is 10.1. The Morgan fingerprint density at radius 2 is 2.28 bits per heavy atom. The summed E-state index contributed by atoms with van der Waals surface area (Å²) in [6.45, 7) is 7.35. The number of aliphatic hydroxyl groups excluding tert-OH is 1. The van der Waals surface area contributed by atoms with E-state index in [0.717, 1.165) is 30.0 Å². The molecule has 0 aromatic carbocycles. The Balaban J connectivity index is 2.12. The van der Waals surface area contributed by atoms with E-state index in [9.17, 15) is 0 Å². The van der Waals surface area contributed by atoms with E-state index in [0.29, 0.717) is 6.04 Å². The quantitative estimate of drug-likeness (QED) is 0.844. The van der Waals surface area contributed by atoms with Crippen molar-refractivity contribution in [2.24, 2.45) is 0 Å². The summed E-state index contributed by atoms with van der Waals surface area (Å²) in [4.78, 5) is 6.92. The van der Waals surface area contributed by atoms with Crippen molar-refractivity contribution in [2.45, 2.75) is 46.2 Å². The van der Waals surface area contributed by atoms with Crippen molar-refractivity contribution in [2.75, 3.05) is 6.61 Å². The fourth-order valence-electron chi connectivity index (χ4n) is 2.17. The lowest BCUT2D eigenvalue weighted by molar-refractivity contribution is 0.261. The van der Waals surface area contributed by atoms with Gasteiger partial charge in [-0.25, -0.2) is 4.98 Å². The van der Waals surface area contributed by atoms with Crippen LogP contribution < -0.4 is 5.32 Å². The largest absolute Gasteiger partial charge is 0.396 e. The predicted molar refractivity (Wildman–Crippen MR) is 75.2 cm³/mol. The van der Waals surface area contributed by atoms with Crippen molar-refractivity contribution in [1.82, 2.24) is 14.7 Å². The van der Waals surface area contributed by atoms with Crippen LogP contribution >= 0.6 is 11.3 Å². The smallest absolute Gasteiger partial charge is 0.194 e. The second-order valence-electron chi connectivity index (χ2n) is 4.64. The van der Waals surface area contributed by atoms with Crippen LogP contribution in [0.4, 0.5) is 0 Å². The molecule has 0 aliphatic rings. The van der Waals surface area contributed by atoms with Gasteiger partial charge in [-0.2, -0.15) is 0 Å². The van der Waals surface area contributed by atoms with E-state index < -0.39 is 0 Å². The first-order valence-corrected chi connectivity index (χ1v) is 7.25. The molecule has 2 aromatic rings. The van der Waals surface area contributed by atoms with Crippen LogP contribution in [0.15, 0.2) is 6.20 Å². The van der Waals surface area contributed by atoms with Gasteiger partial charge in [0.25, 0.3) is 0 Å². The summed E-state index contributed by atoms with van der Waals surface area (Å²) in [6, 6.07) is 0.375. The van der Waals surface area contributed by atoms with Crippen LogP contribution in [0.5, 0.6) is 0 Å². The third-order valence-electron chi connectivity index (χ3n) is 3.27. The fraction of sp³-hybridized carbons (Fsp3) is 0.615. The summed E-state index contributed by atoms with van der Waals surface area (Å²) in [6.07, 6.45) is 3.98. The molecule has 0 bridgehead atoms. The molecule has 0 amide bonds. The monoisotopic (exact) mass is 267 g/mol. The number of hydrogen-bond donors (Lipinski definition) is 2. The summed E-state index contributed by atoms with van der Waals surface area (Å²) >= 11 is 1.72. The zero-order chi connectivity index (χ0) is 13.1. The molecule has 1 unspecified atom stereocenters. The molecule has 2 N–H and O–H groups in total. The Morgan fingerprint density at radius 3 is 2.94 bits per heavy atom. The molecule has 0 radical (unpaired) electrons. The topological polar surface area (TPSA) is 49.6 Å². The molecule has 100 valence electrons. The first-order valence-electron chi connectivity index (χ1n) is 6.44. The highest BCUT2D eigenvalue weighted by Crippen LogP contribution is 2.20. The van der Waals surface area contributed by atoms with Crippen molar-refractivity contribution < 1.29 is 5.11 Å². The minimum absolute atomic E-state index is 0.240. The first-order chi connectivity index (χ1) is 8.65. The van der Waals surface area contributed by atoms with Gasteiger partial charge in [0.15, 0.2) is 4.96 Å². The molecule has 4 nitrogen and oxygen atoms in total. The number of hydrogen-bond acceptors (Lipinski definition) is 4. The molecule has 0 saturated heterocycles. The number of thiazole rings is 1. The molecule has 0 saturated carbocycles. The summed E-state index contributed by atoms with van der Waals surface area (Å²) in [5.41, 5.74) is 2.32. The Kier molecular flexibility index (Phi) is 4.37. The lowest BCUT2D eigenvalue weighted by Crippen LogP contribution is -2.29. The summed E-state index contributed by atoms with van der Waals surface area (Å²) in [5, 5.41) is 12.5. The molecule has 1 atom stereocenters. The maximum Gasteiger partial charge on any atom is 0.194 e. The first kappa shape index (κ1) is 13.5. The number of aryl methyl sites for hydroxylation is 2. The number of aromatic nitrogens is 2. The van der Waals surface area contributed by atoms with E-state index >= 15 is 0 Å². The second kappa shape index (κ2) is 5.82. The molecule has 18 heavy (non-hydrogen) atoms. The van der Waals surface area contributed by atoms with E-state index in [2.05, 4.69) is 41.7 Å². The highest BCUT2D eigenvalue weighted by molar-refractivity contribution is 7.17. The van der Waals surface area contributed by atoms with E-state index in [1.807, 2.05) is 0 Å². The van der Waals surface area contributed by atoms with Gasteiger partial charge < -0.3 is 10.4 Å². The maximum absolute atomic E-state index is 9.00. The highest BCUT2D eigenvalue weighted by Gasteiger charge is 2.12. The molecule has 2 heterocycles. The van der Waals surface area contributed by atoms with Crippen molar-refractivity contribution in [3.05, 3.63) is 22.5 Å². The van der Waals surface area contributed by atoms with Gasteiger partial charge >= 0.3 is 0 Å². The van der Waals surface area contributed by atoms with Crippen molar-refractivity contribution in [3.63, 3.8) is 0 Å². The normalized spacial score (nSPS) is 13.3. The molecule has 2 aromatic heterocycles. The van der Waals surface area contributed by atoms with Crippen LogP contribution in [-0.4, -0.2) is 27.1 Å². The van der Waals surface area contributed by atoms with Gasteiger partial charge in [0, 0.05) is 30.3 Å². The Hall–Kier alpha value is -0.910. The van der Waals surface area contributed by atoms with Crippen LogP contribution in [-0.2, 0) is 6.54 Å². The van der Waals surface area contributed by atoms with Gasteiger partial charge in [0.1, 0.15) is 0 Å². The minimum Gasteiger partial charge on any atom is -0.396 e. The van der Waals surface area contributed by atoms with Crippen molar-refractivity contribution in [3.8, 4) is 0 Å². The zero-order valence-corrected chi connectivity index (χ0v) is 12.0. The Labute approximate surface area is 112 Å². The Morgan fingerprint density at radius 1 is 1.50 bits per heavy atom. The van der Waals surface area contributed by atoms with Gasteiger partial charge in [0.2, 0.25) is 0 Å². The molecule has 0 spiro atoms.